The minimum absolute atomic E-state index is 0.524. The van der Waals surface area contributed by atoms with E-state index >= 15 is 0 Å². The Morgan fingerprint density at radius 1 is 1.18 bits per heavy atom. The summed E-state index contributed by atoms with van der Waals surface area (Å²) in [7, 11) is 3.43. The summed E-state index contributed by atoms with van der Waals surface area (Å²) in [6.07, 6.45) is 2.42. The van der Waals surface area contributed by atoms with Crippen molar-refractivity contribution in [1.82, 2.24) is 5.32 Å². The van der Waals surface area contributed by atoms with Gasteiger partial charge in [0.05, 0.1) is 14.2 Å². The molecule has 0 bridgehead atoms. The zero-order valence-electron chi connectivity index (χ0n) is 10.8. The van der Waals surface area contributed by atoms with Crippen molar-refractivity contribution in [2.24, 2.45) is 0 Å². The van der Waals surface area contributed by atoms with Gasteiger partial charge < -0.3 is 14.8 Å². The normalized spacial score (nSPS) is 24.4. The molecule has 94 valence electrons. The molecule has 0 aromatic heterocycles. The highest BCUT2D eigenvalue weighted by Gasteiger charge is 2.22. The van der Waals surface area contributed by atoms with Gasteiger partial charge in [-0.05, 0) is 38.0 Å². The number of benzene rings is 1. The molecule has 1 aliphatic rings. The van der Waals surface area contributed by atoms with E-state index in [2.05, 4.69) is 18.3 Å². The molecule has 0 spiro atoms. The summed E-state index contributed by atoms with van der Waals surface area (Å²) in [6, 6.07) is 6.66. The van der Waals surface area contributed by atoms with Crippen LogP contribution in [0.5, 0.6) is 11.5 Å². The predicted molar refractivity (Wildman–Crippen MR) is 69.0 cm³/mol. The number of rotatable bonds is 3. The van der Waals surface area contributed by atoms with Gasteiger partial charge in [-0.1, -0.05) is 0 Å². The molecule has 0 aliphatic carbocycles. The van der Waals surface area contributed by atoms with E-state index in [1.807, 2.05) is 12.1 Å². The summed E-state index contributed by atoms with van der Waals surface area (Å²) in [6.45, 7) is 3.25. The Balaban J connectivity index is 2.23. The largest absolute Gasteiger partial charge is 0.497 e. The van der Waals surface area contributed by atoms with Gasteiger partial charge in [-0.25, -0.2) is 0 Å². The molecule has 2 unspecified atom stereocenters. The van der Waals surface area contributed by atoms with Crippen LogP contribution in [0.4, 0.5) is 0 Å². The summed E-state index contributed by atoms with van der Waals surface area (Å²) in [4.78, 5) is 0. The minimum atomic E-state index is 0.524. The zero-order chi connectivity index (χ0) is 12.3. The Kier molecular flexibility index (Phi) is 3.89. The first-order valence-electron chi connectivity index (χ1n) is 6.20. The molecule has 0 saturated carbocycles. The van der Waals surface area contributed by atoms with E-state index in [0.717, 1.165) is 18.0 Å². The third-order valence-electron chi connectivity index (χ3n) is 3.54. The molecule has 0 radical (unpaired) electrons. The monoisotopic (exact) mass is 235 g/mol. The fraction of sp³-hybridized carbons (Fsp3) is 0.571. The van der Waals surface area contributed by atoms with Gasteiger partial charge in [0.15, 0.2) is 0 Å². The second kappa shape index (κ2) is 5.41. The molecular formula is C14H21NO2. The van der Waals surface area contributed by atoms with Crippen molar-refractivity contribution in [3.8, 4) is 11.5 Å². The first-order valence-corrected chi connectivity index (χ1v) is 6.20. The van der Waals surface area contributed by atoms with Crippen molar-refractivity contribution in [2.45, 2.75) is 31.7 Å². The maximum atomic E-state index is 5.44. The van der Waals surface area contributed by atoms with E-state index in [9.17, 15) is 0 Å². The molecular weight excluding hydrogens is 214 g/mol. The standard InChI is InChI=1S/C14H21NO2/c1-10-4-5-11(9-15-10)13-8-12(16-2)6-7-14(13)17-3/h6-8,10-11,15H,4-5,9H2,1-3H3. The van der Waals surface area contributed by atoms with Crippen molar-refractivity contribution in [3.63, 3.8) is 0 Å². The number of piperidine rings is 1. The predicted octanol–water partition coefficient (Wildman–Crippen LogP) is 2.56. The summed E-state index contributed by atoms with van der Waals surface area (Å²) in [5.41, 5.74) is 1.26. The van der Waals surface area contributed by atoms with Crippen LogP contribution in [0, 0.1) is 0 Å². The minimum Gasteiger partial charge on any atom is -0.497 e. The smallest absolute Gasteiger partial charge is 0.122 e. The first-order chi connectivity index (χ1) is 8.24. The molecule has 3 nitrogen and oxygen atoms in total. The van der Waals surface area contributed by atoms with Gasteiger partial charge in [-0.2, -0.15) is 0 Å². The van der Waals surface area contributed by atoms with Gasteiger partial charge in [-0.3, -0.25) is 0 Å². The van der Waals surface area contributed by atoms with Crippen LogP contribution < -0.4 is 14.8 Å². The van der Waals surface area contributed by atoms with Crippen molar-refractivity contribution < 1.29 is 9.47 Å². The fourth-order valence-electron chi connectivity index (χ4n) is 2.42. The van der Waals surface area contributed by atoms with Crippen molar-refractivity contribution >= 4 is 0 Å². The molecule has 1 fully saturated rings. The lowest BCUT2D eigenvalue weighted by atomic mass is 9.88. The lowest BCUT2D eigenvalue weighted by Gasteiger charge is -2.29. The van der Waals surface area contributed by atoms with E-state index in [1.165, 1.54) is 18.4 Å². The van der Waals surface area contributed by atoms with Gasteiger partial charge in [0.1, 0.15) is 11.5 Å². The second-order valence-corrected chi connectivity index (χ2v) is 4.69. The van der Waals surface area contributed by atoms with Crippen molar-refractivity contribution in [3.05, 3.63) is 23.8 Å². The summed E-state index contributed by atoms with van der Waals surface area (Å²) >= 11 is 0. The van der Waals surface area contributed by atoms with Crippen molar-refractivity contribution in [1.29, 1.82) is 0 Å². The van der Waals surface area contributed by atoms with Crippen LogP contribution in [0.15, 0.2) is 18.2 Å². The molecule has 17 heavy (non-hydrogen) atoms. The number of hydrogen-bond acceptors (Lipinski definition) is 3. The number of methoxy groups -OCH3 is 2. The van der Waals surface area contributed by atoms with E-state index in [4.69, 9.17) is 9.47 Å². The Morgan fingerprint density at radius 2 is 2.00 bits per heavy atom. The topological polar surface area (TPSA) is 30.5 Å². The Hall–Kier alpha value is -1.22. The molecule has 3 heteroatoms. The van der Waals surface area contributed by atoms with Gasteiger partial charge in [0.2, 0.25) is 0 Å². The van der Waals surface area contributed by atoms with E-state index in [0.29, 0.717) is 12.0 Å². The van der Waals surface area contributed by atoms with Crippen molar-refractivity contribution in [2.75, 3.05) is 20.8 Å². The average molecular weight is 235 g/mol. The lowest BCUT2D eigenvalue weighted by molar-refractivity contribution is 0.360. The Bertz CT molecular complexity index is 370. The van der Waals surface area contributed by atoms with Crippen LogP contribution in [0.3, 0.4) is 0 Å². The quantitative estimate of drug-likeness (QED) is 0.873. The maximum absolute atomic E-state index is 5.44. The van der Waals surface area contributed by atoms with Gasteiger partial charge in [0, 0.05) is 24.1 Å². The highest BCUT2D eigenvalue weighted by atomic mass is 16.5. The van der Waals surface area contributed by atoms with Gasteiger partial charge >= 0.3 is 0 Å². The van der Waals surface area contributed by atoms with Crippen LogP contribution >= 0.6 is 0 Å². The molecule has 1 N–H and O–H groups in total. The number of nitrogens with one attached hydrogen (secondary N) is 1. The van der Waals surface area contributed by atoms with Crippen LogP contribution in [0.2, 0.25) is 0 Å². The third kappa shape index (κ3) is 2.72. The van der Waals surface area contributed by atoms with Crippen LogP contribution in [-0.4, -0.2) is 26.8 Å². The number of ether oxygens (including phenoxy) is 2. The highest BCUT2D eigenvalue weighted by molar-refractivity contribution is 5.42. The summed E-state index contributed by atoms with van der Waals surface area (Å²) in [5, 5.41) is 3.52. The van der Waals surface area contributed by atoms with Crippen LogP contribution in [-0.2, 0) is 0 Å². The third-order valence-corrected chi connectivity index (χ3v) is 3.54. The van der Waals surface area contributed by atoms with E-state index < -0.39 is 0 Å². The zero-order valence-corrected chi connectivity index (χ0v) is 10.8. The second-order valence-electron chi connectivity index (χ2n) is 4.69. The molecule has 1 aromatic carbocycles. The Labute approximate surface area is 103 Å². The summed E-state index contributed by atoms with van der Waals surface area (Å²) < 4.78 is 10.7. The SMILES string of the molecule is COc1ccc(OC)c(C2CCC(C)NC2)c1. The number of hydrogen-bond donors (Lipinski definition) is 1. The lowest BCUT2D eigenvalue weighted by Crippen LogP contribution is -2.35. The van der Waals surface area contributed by atoms with E-state index in [-0.39, 0.29) is 0 Å². The average Bonchev–Trinajstić information content (AvgIpc) is 2.39. The first kappa shape index (κ1) is 12.2. The molecule has 1 saturated heterocycles. The van der Waals surface area contributed by atoms with Gasteiger partial charge in [0.25, 0.3) is 0 Å². The fourth-order valence-corrected chi connectivity index (χ4v) is 2.42. The summed E-state index contributed by atoms with van der Waals surface area (Å²) in [5.74, 6) is 2.39. The van der Waals surface area contributed by atoms with E-state index in [1.54, 1.807) is 14.2 Å². The molecule has 1 heterocycles. The maximum Gasteiger partial charge on any atom is 0.122 e. The molecule has 2 atom stereocenters. The van der Waals surface area contributed by atoms with Gasteiger partial charge in [-0.15, -0.1) is 0 Å². The molecule has 1 aromatic rings. The Morgan fingerprint density at radius 3 is 2.59 bits per heavy atom. The molecule has 0 amide bonds. The highest BCUT2D eigenvalue weighted by Crippen LogP contribution is 2.34. The van der Waals surface area contributed by atoms with Crippen LogP contribution in [0.25, 0.3) is 0 Å². The van der Waals surface area contributed by atoms with Crippen LogP contribution in [0.1, 0.15) is 31.2 Å². The molecule has 2 rings (SSSR count). The molecule has 1 aliphatic heterocycles.